The van der Waals surface area contributed by atoms with E-state index >= 15 is 0 Å². The minimum absolute atomic E-state index is 0.0874. The van der Waals surface area contributed by atoms with E-state index in [0.29, 0.717) is 31.7 Å². The molecule has 3 rings (SSSR count). The highest BCUT2D eigenvalue weighted by atomic mass is 16.5. The quantitative estimate of drug-likeness (QED) is 0.181. The molecule has 0 saturated carbocycles. The maximum atomic E-state index is 10.8. The van der Waals surface area contributed by atoms with Gasteiger partial charge in [0.05, 0.1) is 24.6 Å². The van der Waals surface area contributed by atoms with E-state index in [1.807, 2.05) is 39.0 Å². The summed E-state index contributed by atoms with van der Waals surface area (Å²) in [4.78, 5) is 10.8. The Hall–Kier alpha value is -2.54. The minimum Gasteiger partial charge on any atom is -0.494 e. The molecule has 1 aliphatic heterocycles. The van der Waals surface area contributed by atoms with Crippen LogP contribution in [0.3, 0.4) is 0 Å². The molecule has 5 atom stereocenters. The van der Waals surface area contributed by atoms with Gasteiger partial charge >= 0.3 is 0 Å². The fraction of sp³-hybridized carbons (Fsp3) is 0.615. The van der Waals surface area contributed by atoms with Crippen molar-refractivity contribution < 1.29 is 34.7 Å². The van der Waals surface area contributed by atoms with E-state index in [-0.39, 0.29) is 11.8 Å². The SMILES string of the molecule is Cc1cc(OCCCNCCC(N)=O)ccc1Cc1c(C(C)C)n[nH]c1[C@@H]1O[C@H](CO)[C@@H](O)[C@H](O)[C@H]1O. The number of H-pyrrole nitrogens is 1. The van der Waals surface area contributed by atoms with Gasteiger partial charge in [-0.2, -0.15) is 5.10 Å². The zero-order valence-corrected chi connectivity index (χ0v) is 21.7. The molecular weight excluding hydrogens is 480 g/mol. The van der Waals surface area contributed by atoms with Crippen molar-refractivity contribution >= 4 is 5.91 Å². The Morgan fingerprint density at radius 3 is 2.62 bits per heavy atom. The average molecular weight is 521 g/mol. The third-order valence-corrected chi connectivity index (χ3v) is 6.65. The van der Waals surface area contributed by atoms with Gasteiger partial charge in [0.2, 0.25) is 5.91 Å². The van der Waals surface area contributed by atoms with Gasteiger partial charge in [0.25, 0.3) is 0 Å². The van der Waals surface area contributed by atoms with Crippen molar-refractivity contribution in [2.24, 2.45) is 5.73 Å². The van der Waals surface area contributed by atoms with Gasteiger partial charge in [-0.15, -0.1) is 0 Å². The third kappa shape index (κ3) is 7.28. The predicted octanol–water partition coefficient (Wildman–Crippen LogP) is 0.181. The standard InChI is InChI=1S/C26H40N4O7/c1-14(2)21-18(22(30-29-21)26-25(35)24(34)23(33)19(13-31)37-26)12-16-5-6-17(11-15(16)3)36-10-4-8-28-9-7-20(27)32/h5-6,11,14,19,23-26,28,31,33-35H,4,7-10,12-13H2,1-3H3,(H2,27,32)(H,29,30)/t19-,23-,24+,25-,26+/m1/s1. The van der Waals surface area contributed by atoms with Crippen molar-refractivity contribution in [1.82, 2.24) is 15.5 Å². The Morgan fingerprint density at radius 2 is 1.97 bits per heavy atom. The molecular formula is C26H40N4O7. The van der Waals surface area contributed by atoms with Crippen molar-refractivity contribution in [3.63, 3.8) is 0 Å². The molecule has 11 nitrogen and oxygen atoms in total. The van der Waals surface area contributed by atoms with E-state index in [9.17, 15) is 25.2 Å². The van der Waals surface area contributed by atoms with Crippen molar-refractivity contribution in [3.8, 4) is 5.75 Å². The van der Waals surface area contributed by atoms with Gasteiger partial charge in [-0.1, -0.05) is 19.9 Å². The zero-order valence-electron chi connectivity index (χ0n) is 21.7. The number of rotatable bonds is 13. The summed E-state index contributed by atoms with van der Waals surface area (Å²) in [6.45, 7) is 7.35. The first kappa shape index (κ1) is 29.0. The Balaban J connectivity index is 1.71. The lowest BCUT2D eigenvalue weighted by atomic mass is 9.88. The van der Waals surface area contributed by atoms with Crippen molar-refractivity contribution in [2.45, 2.75) is 76.5 Å². The van der Waals surface area contributed by atoms with Crippen LogP contribution in [0.25, 0.3) is 0 Å². The Bertz CT molecular complexity index is 1030. The number of nitrogens with zero attached hydrogens (tertiary/aromatic N) is 1. The number of ether oxygens (including phenoxy) is 2. The molecule has 1 amide bonds. The number of hydrogen-bond donors (Lipinski definition) is 7. The molecule has 1 aromatic heterocycles. The summed E-state index contributed by atoms with van der Waals surface area (Å²) in [6.07, 6.45) is -4.66. The van der Waals surface area contributed by atoms with Crippen LogP contribution in [0.15, 0.2) is 18.2 Å². The number of nitrogens with one attached hydrogen (secondary N) is 2. The number of aliphatic hydroxyl groups excluding tert-OH is 4. The molecule has 0 radical (unpaired) electrons. The number of benzene rings is 1. The lowest BCUT2D eigenvalue weighted by Crippen LogP contribution is -2.55. The van der Waals surface area contributed by atoms with Gasteiger partial charge in [0.1, 0.15) is 36.3 Å². The van der Waals surface area contributed by atoms with E-state index in [2.05, 4.69) is 15.5 Å². The third-order valence-electron chi connectivity index (χ3n) is 6.65. The van der Waals surface area contributed by atoms with Crippen LogP contribution in [-0.2, 0) is 16.0 Å². The van der Waals surface area contributed by atoms with Crippen LogP contribution in [0.4, 0.5) is 0 Å². The summed E-state index contributed by atoms with van der Waals surface area (Å²) in [7, 11) is 0. The summed E-state index contributed by atoms with van der Waals surface area (Å²) < 4.78 is 11.7. The number of hydrogen-bond acceptors (Lipinski definition) is 9. The van der Waals surface area contributed by atoms with Crippen LogP contribution < -0.4 is 15.8 Å². The summed E-state index contributed by atoms with van der Waals surface area (Å²) in [5.41, 5.74) is 9.36. The van der Waals surface area contributed by atoms with Gasteiger partial charge in [-0.05, 0) is 49.1 Å². The molecule has 0 unspecified atom stereocenters. The summed E-state index contributed by atoms with van der Waals surface area (Å²) in [6, 6.07) is 5.87. The molecule has 2 aromatic rings. The average Bonchev–Trinajstić information content (AvgIpc) is 3.27. The number of aliphatic hydroxyl groups is 4. The molecule has 2 heterocycles. The summed E-state index contributed by atoms with van der Waals surface area (Å²) in [5.74, 6) is 0.517. The molecule has 1 saturated heterocycles. The Kier molecular flexibility index (Phi) is 10.4. The first-order valence-electron chi connectivity index (χ1n) is 12.7. The van der Waals surface area contributed by atoms with Gasteiger partial charge in [-0.3, -0.25) is 9.89 Å². The normalized spacial score (nSPS) is 23.9. The topological polar surface area (TPSA) is 183 Å². The number of carbonyl (C=O) groups excluding carboxylic acids is 1. The Morgan fingerprint density at radius 1 is 1.22 bits per heavy atom. The lowest BCUT2D eigenvalue weighted by molar-refractivity contribution is -0.232. The Labute approximate surface area is 217 Å². The summed E-state index contributed by atoms with van der Waals surface area (Å²) in [5, 5.41) is 51.3. The lowest BCUT2D eigenvalue weighted by Gasteiger charge is -2.40. The summed E-state index contributed by atoms with van der Waals surface area (Å²) >= 11 is 0. The number of primary amides is 1. The van der Waals surface area contributed by atoms with Gasteiger partial charge in [0, 0.05) is 24.9 Å². The fourth-order valence-electron chi connectivity index (χ4n) is 4.50. The number of aromatic amines is 1. The van der Waals surface area contributed by atoms with E-state index in [1.54, 1.807) is 0 Å². The smallest absolute Gasteiger partial charge is 0.218 e. The van der Waals surface area contributed by atoms with Crippen LogP contribution in [0.1, 0.15) is 66.8 Å². The number of carbonyl (C=O) groups is 1. The monoisotopic (exact) mass is 520 g/mol. The first-order chi connectivity index (χ1) is 17.6. The second-order valence-corrected chi connectivity index (χ2v) is 9.84. The van der Waals surface area contributed by atoms with Crippen LogP contribution in [0.2, 0.25) is 0 Å². The van der Waals surface area contributed by atoms with E-state index in [0.717, 1.165) is 41.1 Å². The van der Waals surface area contributed by atoms with Crippen LogP contribution >= 0.6 is 0 Å². The fourth-order valence-corrected chi connectivity index (χ4v) is 4.50. The molecule has 0 bridgehead atoms. The second-order valence-electron chi connectivity index (χ2n) is 9.84. The molecule has 1 fully saturated rings. The molecule has 11 heteroatoms. The second kappa shape index (κ2) is 13.3. The largest absolute Gasteiger partial charge is 0.494 e. The van der Waals surface area contributed by atoms with Crippen molar-refractivity contribution in [1.29, 1.82) is 0 Å². The highest BCUT2D eigenvalue weighted by molar-refractivity contribution is 5.73. The molecule has 8 N–H and O–H groups in total. The number of aryl methyl sites for hydroxylation is 1. The maximum Gasteiger partial charge on any atom is 0.218 e. The minimum atomic E-state index is -1.47. The molecule has 37 heavy (non-hydrogen) atoms. The first-order valence-corrected chi connectivity index (χ1v) is 12.7. The van der Waals surface area contributed by atoms with Crippen LogP contribution in [0.5, 0.6) is 5.75 Å². The molecule has 0 spiro atoms. The highest BCUT2D eigenvalue weighted by Crippen LogP contribution is 2.36. The predicted molar refractivity (Wildman–Crippen MR) is 136 cm³/mol. The van der Waals surface area contributed by atoms with Gasteiger partial charge < -0.3 is 41.0 Å². The molecule has 206 valence electrons. The highest BCUT2D eigenvalue weighted by Gasteiger charge is 2.45. The van der Waals surface area contributed by atoms with E-state index in [4.69, 9.17) is 15.2 Å². The van der Waals surface area contributed by atoms with Crippen molar-refractivity contribution in [2.75, 3.05) is 26.3 Å². The van der Waals surface area contributed by atoms with Crippen LogP contribution in [-0.4, -0.2) is 87.2 Å². The number of amides is 1. The van der Waals surface area contributed by atoms with E-state index < -0.39 is 37.1 Å². The zero-order chi connectivity index (χ0) is 27.1. The molecule has 1 aliphatic rings. The maximum absolute atomic E-state index is 10.8. The number of aromatic nitrogens is 2. The molecule has 0 aliphatic carbocycles. The van der Waals surface area contributed by atoms with Crippen molar-refractivity contribution in [3.05, 3.63) is 46.3 Å². The van der Waals surface area contributed by atoms with Gasteiger partial charge in [-0.25, -0.2) is 0 Å². The number of nitrogens with two attached hydrogens (primary N) is 1. The van der Waals surface area contributed by atoms with Gasteiger partial charge in [0.15, 0.2) is 0 Å². The van der Waals surface area contributed by atoms with E-state index in [1.165, 1.54) is 0 Å². The van der Waals surface area contributed by atoms with Crippen LogP contribution in [0, 0.1) is 6.92 Å². The molecule has 1 aromatic carbocycles.